The molecule has 0 aliphatic heterocycles. The topological polar surface area (TPSA) is 20.3 Å². The highest BCUT2D eigenvalue weighted by Gasteiger charge is 2.12. The molecule has 60 valence electrons. The van der Waals surface area contributed by atoms with Crippen LogP contribution in [0.15, 0.2) is 0 Å². The van der Waals surface area contributed by atoms with E-state index >= 15 is 0 Å². The maximum atomic E-state index is 11.2. The van der Waals surface area contributed by atoms with E-state index in [-0.39, 0.29) is 11.8 Å². The van der Waals surface area contributed by atoms with Crippen molar-refractivity contribution in [2.24, 2.45) is 5.92 Å². The van der Waals surface area contributed by atoms with Crippen LogP contribution in [0.1, 0.15) is 26.7 Å². The van der Waals surface area contributed by atoms with Gasteiger partial charge in [0.15, 0.2) is 0 Å². The summed E-state index contributed by atoms with van der Waals surface area (Å²) in [6, 6.07) is 0. The van der Waals surface area contributed by atoms with E-state index in [2.05, 4.69) is 6.92 Å². The van der Waals surface area contributed by atoms with E-state index in [0.29, 0.717) is 0 Å². The first kappa shape index (κ1) is 9.47. The summed E-state index contributed by atoms with van der Waals surface area (Å²) in [5.41, 5.74) is 0. The van der Waals surface area contributed by atoms with E-state index in [1.165, 1.54) is 0 Å². The van der Waals surface area contributed by atoms with Crippen molar-refractivity contribution < 1.29 is 4.79 Å². The van der Waals surface area contributed by atoms with E-state index < -0.39 is 0 Å². The second-order valence-electron chi connectivity index (χ2n) is 2.92. The van der Waals surface area contributed by atoms with Gasteiger partial charge in [-0.3, -0.25) is 4.79 Å². The maximum absolute atomic E-state index is 11.2. The highest BCUT2D eigenvalue weighted by Crippen LogP contribution is 2.06. The fraction of sp³-hybridized carbons (Fsp3) is 0.875. The zero-order valence-electron chi connectivity index (χ0n) is 7.35. The van der Waals surface area contributed by atoms with Crippen LogP contribution in [0, 0.1) is 5.92 Å². The van der Waals surface area contributed by atoms with E-state index in [1.807, 2.05) is 6.92 Å². The first-order chi connectivity index (χ1) is 4.59. The Hall–Kier alpha value is -0.530. The summed E-state index contributed by atoms with van der Waals surface area (Å²) in [6.45, 7) is 4.07. The van der Waals surface area contributed by atoms with Crippen LogP contribution in [0.3, 0.4) is 0 Å². The summed E-state index contributed by atoms with van der Waals surface area (Å²) in [5.74, 6) is 0.432. The normalized spacial score (nSPS) is 12.8. The SMILES string of the molecule is CCCC(C)C(=O)N(C)C. The molecule has 0 N–H and O–H groups in total. The molecule has 0 saturated heterocycles. The molecule has 0 aromatic rings. The molecule has 0 bridgehead atoms. The first-order valence-electron chi connectivity index (χ1n) is 3.80. The molecule has 10 heavy (non-hydrogen) atoms. The molecule has 0 radical (unpaired) electrons. The second kappa shape index (κ2) is 4.31. The van der Waals surface area contributed by atoms with Gasteiger partial charge in [0.1, 0.15) is 0 Å². The van der Waals surface area contributed by atoms with Crippen molar-refractivity contribution in [3.63, 3.8) is 0 Å². The van der Waals surface area contributed by atoms with Gasteiger partial charge in [0.25, 0.3) is 0 Å². The standard InChI is InChI=1S/C8H17NO/c1-5-6-7(2)8(10)9(3)4/h7H,5-6H2,1-4H3. The molecule has 2 heteroatoms. The van der Waals surface area contributed by atoms with Gasteiger partial charge in [-0.05, 0) is 6.42 Å². The number of amides is 1. The van der Waals surface area contributed by atoms with Crippen LogP contribution in [0.2, 0.25) is 0 Å². The third-order valence-electron chi connectivity index (χ3n) is 1.58. The summed E-state index contributed by atoms with van der Waals surface area (Å²) in [6.07, 6.45) is 2.08. The van der Waals surface area contributed by atoms with Gasteiger partial charge >= 0.3 is 0 Å². The average Bonchev–Trinajstić information content (AvgIpc) is 1.87. The van der Waals surface area contributed by atoms with Gasteiger partial charge in [0, 0.05) is 20.0 Å². The Labute approximate surface area is 63.2 Å². The van der Waals surface area contributed by atoms with Crippen LogP contribution in [-0.4, -0.2) is 24.9 Å². The number of carbonyl (C=O) groups excluding carboxylic acids is 1. The van der Waals surface area contributed by atoms with Crippen LogP contribution in [0.25, 0.3) is 0 Å². The Balaban J connectivity index is 3.71. The molecule has 0 aromatic carbocycles. The maximum Gasteiger partial charge on any atom is 0.224 e. The summed E-state index contributed by atoms with van der Waals surface area (Å²) >= 11 is 0. The van der Waals surface area contributed by atoms with E-state index in [0.717, 1.165) is 12.8 Å². The number of nitrogens with zero attached hydrogens (tertiary/aromatic N) is 1. The molecule has 0 saturated carbocycles. The van der Waals surface area contributed by atoms with Crippen molar-refractivity contribution in [2.75, 3.05) is 14.1 Å². The first-order valence-corrected chi connectivity index (χ1v) is 3.80. The van der Waals surface area contributed by atoms with Crippen molar-refractivity contribution in [1.29, 1.82) is 0 Å². The molecular weight excluding hydrogens is 126 g/mol. The minimum Gasteiger partial charge on any atom is -0.349 e. The Morgan fingerprint density at radius 3 is 2.30 bits per heavy atom. The molecule has 1 amide bonds. The largest absolute Gasteiger partial charge is 0.349 e. The molecule has 0 spiro atoms. The smallest absolute Gasteiger partial charge is 0.224 e. The fourth-order valence-corrected chi connectivity index (χ4v) is 0.997. The van der Waals surface area contributed by atoms with Gasteiger partial charge in [0.2, 0.25) is 5.91 Å². The van der Waals surface area contributed by atoms with Gasteiger partial charge in [-0.1, -0.05) is 20.3 Å². The lowest BCUT2D eigenvalue weighted by atomic mass is 10.1. The lowest BCUT2D eigenvalue weighted by Crippen LogP contribution is -2.27. The molecule has 1 atom stereocenters. The Morgan fingerprint density at radius 2 is 2.00 bits per heavy atom. The van der Waals surface area contributed by atoms with Gasteiger partial charge < -0.3 is 4.90 Å². The lowest BCUT2D eigenvalue weighted by Gasteiger charge is -2.15. The molecule has 0 fully saturated rings. The molecule has 0 aliphatic carbocycles. The Morgan fingerprint density at radius 1 is 1.50 bits per heavy atom. The minimum absolute atomic E-state index is 0.194. The molecule has 1 unspecified atom stereocenters. The van der Waals surface area contributed by atoms with Crippen LogP contribution >= 0.6 is 0 Å². The average molecular weight is 143 g/mol. The Kier molecular flexibility index (Phi) is 4.08. The quantitative estimate of drug-likeness (QED) is 0.586. The number of hydrogen-bond acceptors (Lipinski definition) is 1. The van der Waals surface area contributed by atoms with Crippen molar-refractivity contribution in [3.8, 4) is 0 Å². The predicted octanol–water partition coefficient (Wildman–Crippen LogP) is 1.51. The lowest BCUT2D eigenvalue weighted by molar-refractivity contribution is -0.132. The van der Waals surface area contributed by atoms with Crippen molar-refractivity contribution in [3.05, 3.63) is 0 Å². The number of hydrogen-bond donors (Lipinski definition) is 0. The Bertz CT molecular complexity index is 110. The molecule has 2 nitrogen and oxygen atoms in total. The van der Waals surface area contributed by atoms with Gasteiger partial charge in [0.05, 0.1) is 0 Å². The molecular formula is C8H17NO. The molecule has 0 aliphatic rings. The zero-order valence-corrected chi connectivity index (χ0v) is 7.35. The van der Waals surface area contributed by atoms with Crippen LogP contribution in [0.5, 0.6) is 0 Å². The van der Waals surface area contributed by atoms with Crippen molar-refractivity contribution >= 4 is 5.91 Å². The van der Waals surface area contributed by atoms with Gasteiger partial charge in [-0.25, -0.2) is 0 Å². The van der Waals surface area contributed by atoms with Gasteiger partial charge in [-0.15, -0.1) is 0 Å². The van der Waals surface area contributed by atoms with Crippen molar-refractivity contribution in [1.82, 2.24) is 4.90 Å². The number of rotatable bonds is 3. The van der Waals surface area contributed by atoms with E-state index in [9.17, 15) is 4.79 Å². The molecule has 0 rings (SSSR count). The van der Waals surface area contributed by atoms with Crippen LogP contribution in [0.4, 0.5) is 0 Å². The fourth-order valence-electron chi connectivity index (χ4n) is 0.997. The highest BCUT2D eigenvalue weighted by molar-refractivity contribution is 5.77. The summed E-state index contributed by atoms with van der Waals surface area (Å²) in [5, 5.41) is 0. The zero-order chi connectivity index (χ0) is 8.15. The summed E-state index contributed by atoms with van der Waals surface area (Å²) in [4.78, 5) is 12.8. The third-order valence-corrected chi connectivity index (χ3v) is 1.58. The van der Waals surface area contributed by atoms with Crippen molar-refractivity contribution in [2.45, 2.75) is 26.7 Å². The minimum atomic E-state index is 0.194. The predicted molar refractivity (Wildman–Crippen MR) is 42.8 cm³/mol. The highest BCUT2D eigenvalue weighted by atomic mass is 16.2. The number of carbonyl (C=O) groups is 1. The monoisotopic (exact) mass is 143 g/mol. The summed E-state index contributed by atoms with van der Waals surface area (Å²) in [7, 11) is 3.60. The van der Waals surface area contributed by atoms with Gasteiger partial charge in [-0.2, -0.15) is 0 Å². The summed E-state index contributed by atoms with van der Waals surface area (Å²) < 4.78 is 0. The van der Waals surface area contributed by atoms with Crippen LogP contribution in [-0.2, 0) is 4.79 Å². The second-order valence-corrected chi connectivity index (χ2v) is 2.92. The molecule has 0 heterocycles. The third kappa shape index (κ3) is 2.85. The van der Waals surface area contributed by atoms with Crippen LogP contribution < -0.4 is 0 Å². The molecule has 0 aromatic heterocycles. The van der Waals surface area contributed by atoms with E-state index in [1.54, 1.807) is 19.0 Å². The van der Waals surface area contributed by atoms with E-state index in [4.69, 9.17) is 0 Å².